The van der Waals surface area contributed by atoms with Gasteiger partial charge in [0.2, 0.25) is 5.76 Å². The minimum atomic E-state index is -0.538. The van der Waals surface area contributed by atoms with E-state index in [1.807, 2.05) is 31.2 Å². The Kier molecular flexibility index (Phi) is 7.05. The van der Waals surface area contributed by atoms with Gasteiger partial charge < -0.3 is 19.0 Å². The van der Waals surface area contributed by atoms with Crippen molar-refractivity contribution in [3.8, 4) is 5.75 Å². The highest BCUT2D eigenvalue weighted by Crippen LogP contribution is 2.39. The molecule has 4 rings (SSSR count). The third-order valence-electron chi connectivity index (χ3n) is 6.18. The van der Waals surface area contributed by atoms with Crippen molar-refractivity contribution in [2.45, 2.75) is 33.2 Å². The van der Waals surface area contributed by atoms with Crippen LogP contribution in [0.5, 0.6) is 5.75 Å². The van der Waals surface area contributed by atoms with Gasteiger partial charge in [0, 0.05) is 11.6 Å². The van der Waals surface area contributed by atoms with Crippen LogP contribution in [-0.4, -0.2) is 48.5 Å². The van der Waals surface area contributed by atoms with Gasteiger partial charge in [-0.05, 0) is 68.9 Å². The van der Waals surface area contributed by atoms with E-state index in [0.29, 0.717) is 40.5 Å². The fraction of sp³-hybridized carbons (Fsp3) is 0.385. The molecular weight excluding hydrogens is 440 g/mol. The van der Waals surface area contributed by atoms with Crippen LogP contribution in [0.3, 0.4) is 0 Å². The Hall–Kier alpha value is -2.83. The largest absolute Gasteiger partial charge is 0.494 e. The van der Waals surface area contributed by atoms with Crippen molar-refractivity contribution in [3.63, 3.8) is 0 Å². The van der Waals surface area contributed by atoms with E-state index < -0.39 is 6.04 Å². The number of hydrogen-bond donors (Lipinski definition) is 0. The first-order valence-corrected chi connectivity index (χ1v) is 11.9. The average Bonchev–Trinajstić information content (AvgIpc) is 3.09. The van der Waals surface area contributed by atoms with Crippen molar-refractivity contribution in [1.82, 2.24) is 9.80 Å². The van der Waals surface area contributed by atoms with Gasteiger partial charge >= 0.3 is 0 Å². The van der Waals surface area contributed by atoms with Crippen LogP contribution in [0.2, 0.25) is 5.02 Å². The van der Waals surface area contributed by atoms with Gasteiger partial charge in [-0.15, -0.1) is 0 Å². The number of nitrogens with zero attached hydrogens (tertiary/aromatic N) is 2. The second-order valence-electron chi connectivity index (χ2n) is 8.10. The summed E-state index contributed by atoms with van der Waals surface area (Å²) in [7, 11) is 0. The number of carbonyl (C=O) groups is 1. The van der Waals surface area contributed by atoms with Gasteiger partial charge in [0.1, 0.15) is 11.3 Å². The van der Waals surface area contributed by atoms with Gasteiger partial charge in [-0.1, -0.05) is 37.6 Å². The highest BCUT2D eigenvalue weighted by molar-refractivity contribution is 6.31. The summed E-state index contributed by atoms with van der Waals surface area (Å²) >= 11 is 6.15. The Labute approximate surface area is 198 Å². The van der Waals surface area contributed by atoms with E-state index in [4.69, 9.17) is 20.8 Å². The minimum Gasteiger partial charge on any atom is -0.494 e. The first-order chi connectivity index (χ1) is 16.0. The van der Waals surface area contributed by atoms with E-state index >= 15 is 0 Å². The summed E-state index contributed by atoms with van der Waals surface area (Å²) < 4.78 is 11.7. The molecule has 3 aromatic rings. The van der Waals surface area contributed by atoms with Crippen molar-refractivity contribution < 1.29 is 13.9 Å². The zero-order valence-electron chi connectivity index (χ0n) is 19.3. The highest BCUT2D eigenvalue weighted by atomic mass is 35.5. The normalized spacial score (nSPS) is 15.5. The van der Waals surface area contributed by atoms with Crippen molar-refractivity contribution in [2.75, 3.05) is 32.8 Å². The van der Waals surface area contributed by atoms with Gasteiger partial charge in [-0.3, -0.25) is 9.59 Å². The molecule has 0 N–H and O–H groups in total. The summed E-state index contributed by atoms with van der Waals surface area (Å²) in [5.41, 5.74) is 1.33. The Morgan fingerprint density at radius 3 is 2.61 bits per heavy atom. The van der Waals surface area contributed by atoms with Crippen LogP contribution < -0.4 is 10.2 Å². The van der Waals surface area contributed by atoms with Gasteiger partial charge in [-0.2, -0.15) is 0 Å². The third-order valence-corrected chi connectivity index (χ3v) is 6.42. The fourth-order valence-electron chi connectivity index (χ4n) is 4.52. The summed E-state index contributed by atoms with van der Waals surface area (Å²) in [4.78, 5) is 31.2. The van der Waals surface area contributed by atoms with Crippen LogP contribution in [-0.2, 0) is 0 Å². The van der Waals surface area contributed by atoms with Crippen LogP contribution in [0, 0.1) is 0 Å². The molecule has 7 heteroatoms. The molecule has 0 radical (unpaired) electrons. The molecule has 0 aliphatic carbocycles. The Morgan fingerprint density at radius 2 is 1.88 bits per heavy atom. The number of ether oxygens (including phenoxy) is 1. The van der Waals surface area contributed by atoms with E-state index in [-0.39, 0.29) is 17.1 Å². The van der Waals surface area contributed by atoms with Gasteiger partial charge in [0.25, 0.3) is 5.91 Å². The summed E-state index contributed by atoms with van der Waals surface area (Å²) in [6.07, 6.45) is 0.794. The van der Waals surface area contributed by atoms with E-state index in [0.717, 1.165) is 31.6 Å². The van der Waals surface area contributed by atoms with Crippen LogP contribution >= 0.6 is 11.6 Å². The van der Waals surface area contributed by atoms with Crippen molar-refractivity contribution >= 4 is 28.5 Å². The second kappa shape index (κ2) is 9.98. The average molecular weight is 469 g/mol. The molecule has 0 fully saturated rings. The standard InChI is InChI=1S/C26H29ClN2O4/c1-4-28(5-2)13-8-14-29-23(17-9-7-10-19(15-17)32-6-3)22-24(30)20-16-18(27)11-12-21(20)33-25(22)26(29)31/h7,9-12,15-16,23H,4-6,8,13-14H2,1-3H3/t23-/m0/s1. The number of benzene rings is 2. The number of fused-ring (bicyclic) bond motifs is 2. The highest BCUT2D eigenvalue weighted by Gasteiger charge is 2.42. The fourth-order valence-corrected chi connectivity index (χ4v) is 4.69. The Bertz CT molecular complexity index is 1220. The maximum absolute atomic E-state index is 13.6. The van der Waals surface area contributed by atoms with Crippen molar-refractivity contribution in [1.29, 1.82) is 0 Å². The summed E-state index contributed by atoms with van der Waals surface area (Å²) in [6.45, 7) is 10.0. The molecule has 0 spiro atoms. The lowest BCUT2D eigenvalue weighted by Crippen LogP contribution is -2.33. The van der Waals surface area contributed by atoms with E-state index in [9.17, 15) is 9.59 Å². The van der Waals surface area contributed by atoms with Gasteiger partial charge in [-0.25, -0.2) is 0 Å². The van der Waals surface area contributed by atoms with Crippen LogP contribution in [0.25, 0.3) is 11.0 Å². The third kappa shape index (κ3) is 4.50. The van der Waals surface area contributed by atoms with Gasteiger partial charge in [0.15, 0.2) is 5.43 Å². The van der Waals surface area contributed by atoms with E-state index in [2.05, 4.69) is 18.7 Å². The molecule has 1 amide bonds. The lowest BCUT2D eigenvalue weighted by molar-refractivity contribution is 0.0720. The molecule has 0 saturated heterocycles. The topological polar surface area (TPSA) is 63.0 Å². The summed E-state index contributed by atoms with van der Waals surface area (Å²) in [5, 5.41) is 0.829. The number of hydrogen-bond acceptors (Lipinski definition) is 5. The maximum Gasteiger partial charge on any atom is 0.290 e. The summed E-state index contributed by atoms with van der Waals surface area (Å²) in [5.74, 6) is 0.557. The maximum atomic E-state index is 13.6. The minimum absolute atomic E-state index is 0.115. The molecular formula is C26H29ClN2O4. The number of halogens is 1. The number of amides is 1. The molecule has 1 aliphatic rings. The molecule has 2 aromatic carbocycles. The molecule has 6 nitrogen and oxygen atoms in total. The molecule has 174 valence electrons. The molecule has 33 heavy (non-hydrogen) atoms. The lowest BCUT2D eigenvalue weighted by Gasteiger charge is -2.27. The van der Waals surface area contributed by atoms with Crippen LogP contribution in [0.1, 0.15) is 54.9 Å². The summed E-state index contributed by atoms with van der Waals surface area (Å²) in [6, 6.07) is 11.9. The first kappa shape index (κ1) is 23.3. The molecule has 1 aliphatic heterocycles. The SMILES string of the molecule is CCOc1cccc([C@H]2c3c(oc4ccc(Cl)cc4c3=O)C(=O)N2CCCN(CC)CC)c1. The second-order valence-corrected chi connectivity index (χ2v) is 8.54. The van der Waals surface area contributed by atoms with Gasteiger partial charge in [0.05, 0.1) is 23.6 Å². The predicted molar refractivity (Wildman–Crippen MR) is 130 cm³/mol. The number of rotatable bonds is 9. The Morgan fingerprint density at radius 1 is 1.09 bits per heavy atom. The predicted octanol–water partition coefficient (Wildman–Crippen LogP) is 5.12. The molecule has 0 bridgehead atoms. The Balaban J connectivity index is 1.81. The monoisotopic (exact) mass is 468 g/mol. The van der Waals surface area contributed by atoms with Crippen LogP contribution in [0.4, 0.5) is 0 Å². The van der Waals surface area contributed by atoms with E-state index in [1.54, 1.807) is 23.1 Å². The van der Waals surface area contributed by atoms with Crippen LogP contribution in [0.15, 0.2) is 51.7 Å². The lowest BCUT2D eigenvalue weighted by atomic mass is 9.98. The van der Waals surface area contributed by atoms with E-state index in [1.165, 1.54) is 0 Å². The van der Waals surface area contributed by atoms with Crippen molar-refractivity contribution in [2.24, 2.45) is 0 Å². The number of carbonyl (C=O) groups excluding carboxylic acids is 1. The molecule has 0 saturated carbocycles. The smallest absolute Gasteiger partial charge is 0.290 e. The molecule has 0 unspecified atom stereocenters. The molecule has 1 aromatic heterocycles. The first-order valence-electron chi connectivity index (χ1n) is 11.5. The quantitative estimate of drug-likeness (QED) is 0.436. The zero-order valence-corrected chi connectivity index (χ0v) is 20.0. The molecule has 2 heterocycles. The zero-order chi connectivity index (χ0) is 23.5. The molecule has 1 atom stereocenters. The van der Waals surface area contributed by atoms with Crippen molar-refractivity contribution in [3.05, 3.63) is 74.6 Å².